The van der Waals surface area contributed by atoms with Gasteiger partial charge in [-0.1, -0.05) is 80.6 Å². The van der Waals surface area contributed by atoms with Gasteiger partial charge in [-0.2, -0.15) is 4.39 Å². The lowest BCUT2D eigenvalue weighted by Gasteiger charge is -2.29. The number of hydrogen-bond donors (Lipinski definition) is 0. The summed E-state index contributed by atoms with van der Waals surface area (Å²) in [4.78, 5) is 0. The van der Waals surface area contributed by atoms with E-state index in [2.05, 4.69) is 6.92 Å². The van der Waals surface area contributed by atoms with Crippen LogP contribution < -0.4 is 4.74 Å². The third-order valence-corrected chi connectivity index (χ3v) is 8.22. The van der Waals surface area contributed by atoms with E-state index in [4.69, 9.17) is 4.74 Å². The molecule has 0 amide bonds. The second-order valence-electron chi connectivity index (χ2n) is 11.1. The molecule has 0 atom stereocenters. The maximum absolute atomic E-state index is 15.1. The highest BCUT2D eigenvalue weighted by Gasteiger charge is 2.27. The van der Waals surface area contributed by atoms with Gasteiger partial charge in [-0.25, -0.2) is 13.2 Å². The Kier molecular flexibility index (Phi) is 10.5. The average Bonchev–Trinajstić information content (AvgIpc) is 2.95. The van der Waals surface area contributed by atoms with Crippen LogP contribution in [-0.2, 0) is 6.42 Å². The molecule has 1 nitrogen and oxygen atoms in total. The van der Waals surface area contributed by atoms with Crippen LogP contribution in [0.15, 0.2) is 48.5 Å². The summed E-state index contributed by atoms with van der Waals surface area (Å²) in [6.45, 7) is 4.50. The van der Waals surface area contributed by atoms with Crippen LogP contribution in [-0.4, -0.2) is 6.61 Å². The number of ether oxygens (including phenoxy) is 1. The fourth-order valence-electron chi connectivity index (χ4n) is 5.72. The van der Waals surface area contributed by atoms with E-state index in [-0.39, 0.29) is 17.2 Å². The molecule has 0 N–H and O–H groups in total. The normalized spacial score (nSPS) is 17.4. The molecule has 1 aliphatic rings. The molecule has 0 unspecified atom stereocenters. The van der Waals surface area contributed by atoms with E-state index >= 15 is 4.39 Å². The summed E-state index contributed by atoms with van der Waals surface area (Å²) in [5, 5.41) is 0. The van der Waals surface area contributed by atoms with E-state index in [0.717, 1.165) is 63.4 Å². The van der Waals surface area contributed by atoms with Crippen molar-refractivity contribution in [3.8, 4) is 16.9 Å². The molecule has 5 heteroatoms. The van der Waals surface area contributed by atoms with Gasteiger partial charge in [-0.3, -0.25) is 0 Å². The topological polar surface area (TPSA) is 9.23 Å². The monoisotopic (exact) mass is 540 g/mol. The van der Waals surface area contributed by atoms with Gasteiger partial charge >= 0.3 is 0 Å². The Balaban J connectivity index is 1.28. The molecule has 0 aromatic heterocycles. The number of aryl methyl sites for hydroxylation is 2. The van der Waals surface area contributed by atoms with Crippen molar-refractivity contribution in [2.75, 3.05) is 6.61 Å². The van der Waals surface area contributed by atoms with Crippen molar-refractivity contribution in [1.29, 1.82) is 0 Å². The van der Waals surface area contributed by atoms with Gasteiger partial charge in [0.2, 0.25) is 5.82 Å². The molecule has 3 aromatic carbocycles. The summed E-state index contributed by atoms with van der Waals surface area (Å²) >= 11 is 0. The SMILES string of the molecule is CCCCCCCOc1ccc(CCC2CCC(c3ccc(-c4ccc(C)cc4)c(F)c3F)CC2)c(F)c1F. The molecular weight excluding hydrogens is 500 g/mol. The van der Waals surface area contributed by atoms with Gasteiger partial charge in [0.05, 0.1) is 6.61 Å². The fraction of sp³-hybridized carbons (Fsp3) is 0.471. The highest BCUT2D eigenvalue weighted by atomic mass is 19.2. The summed E-state index contributed by atoms with van der Waals surface area (Å²) < 4.78 is 64.8. The third kappa shape index (κ3) is 7.43. The Morgan fingerprint density at radius 3 is 2.15 bits per heavy atom. The van der Waals surface area contributed by atoms with Crippen molar-refractivity contribution in [1.82, 2.24) is 0 Å². The maximum Gasteiger partial charge on any atom is 0.200 e. The largest absolute Gasteiger partial charge is 0.490 e. The molecule has 1 fully saturated rings. The summed E-state index contributed by atoms with van der Waals surface area (Å²) in [5.74, 6) is -2.97. The molecule has 0 heterocycles. The molecule has 1 saturated carbocycles. The summed E-state index contributed by atoms with van der Waals surface area (Å²) in [7, 11) is 0. The number of benzene rings is 3. The van der Waals surface area contributed by atoms with E-state index in [0.29, 0.717) is 35.6 Å². The Labute approximate surface area is 230 Å². The molecule has 0 aliphatic heterocycles. The summed E-state index contributed by atoms with van der Waals surface area (Å²) in [5.41, 5.74) is 2.82. The standard InChI is InChI=1S/C34H40F4O/c1-3-4-5-6-7-22-39-30-21-18-27(31(35)34(30)38)17-12-24-10-15-26(16-11-24)29-20-19-28(32(36)33(29)37)25-13-8-23(2)9-14-25/h8-9,13-14,18-21,24,26H,3-7,10-12,15-17,22H2,1-2H3. The van der Waals surface area contributed by atoms with E-state index in [1.165, 1.54) is 12.5 Å². The van der Waals surface area contributed by atoms with Crippen LogP contribution in [0.25, 0.3) is 11.1 Å². The van der Waals surface area contributed by atoms with Gasteiger partial charge in [0.1, 0.15) is 0 Å². The quantitative estimate of drug-likeness (QED) is 0.164. The lowest BCUT2D eigenvalue weighted by molar-refractivity contribution is 0.283. The Morgan fingerprint density at radius 1 is 0.718 bits per heavy atom. The van der Waals surface area contributed by atoms with E-state index in [1.807, 2.05) is 31.2 Å². The second kappa shape index (κ2) is 14.0. The molecule has 3 aromatic rings. The maximum atomic E-state index is 15.1. The molecule has 0 spiro atoms. The van der Waals surface area contributed by atoms with E-state index in [9.17, 15) is 13.2 Å². The van der Waals surface area contributed by atoms with Gasteiger partial charge < -0.3 is 4.74 Å². The van der Waals surface area contributed by atoms with E-state index in [1.54, 1.807) is 18.2 Å². The van der Waals surface area contributed by atoms with Crippen LogP contribution in [0.4, 0.5) is 17.6 Å². The first kappa shape index (κ1) is 29.2. The van der Waals surface area contributed by atoms with Crippen molar-refractivity contribution >= 4 is 0 Å². The van der Waals surface area contributed by atoms with Crippen LogP contribution in [0.2, 0.25) is 0 Å². The van der Waals surface area contributed by atoms with Gasteiger partial charge in [-0.05, 0) is 86.5 Å². The zero-order chi connectivity index (χ0) is 27.8. The minimum atomic E-state index is -0.906. The second-order valence-corrected chi connectivity index (χ2v) is 11.1. The summed E-state index contributed by atoms with van der Waals surface area (Å²) in [6, 6.07) is 14.0. The van der Waals surface area contributed by atoms with Crippen molar-refractivity contribution in [3.05, 3.63) is 88.5 Å². The predicted molar refractivity (Wildman–Crippen MR) is 150 cm³/mol. The zero-order valence-electron chi connectivity index (χ0n) is 23.2. The zero-order valence-corrected chi connectivity index (χ0v) is 23.2. The molecule has 0 radical (unpaired) electrons. The van der Waals surface area contributed by atoms with Crippen molar-refractivity contribution < 1.29 is 22.3 Å². The molecule has 0 bridgehead atoms. The number of hydrogen-bond acceptors (Lipinski definition) is 1. The highest BCUT2D eigenvalue weighted by molar-refractivity contribution is 5.65. The van der Waals surface area contributed by atoms with Crippen molar-refractivity contribution in [2.45, 2.75) is 90.4 Å². The van der Waals surface area contributed by atoms with E-state index < -0.39 is 23.3 Å². The first-order chi connectivity index (χ1) is 18.9. The number of unbranched alkanes of at least 4 members (excludes halogenated alkanes) is 4. The Hall–Kier alpha value is -2.82. The van der Waals surface area contributed by atoms with Gasteiger partial charge in [-0.15, -0.1) is 0 Å². The first-order valence-corrected chi connectivity index (χ1v) is 14.5. The number of rotatable bonds is 12. The smallest absolute Gasteiger partial charge is 0.200 e. The van der Waals surface area contributed by atoms with Crippen LogP contribution in [0.3, 0.4) is 0 Å². The Morgan fingerprint density at radius 2 is 1.44 bits per heavy atom. The summed E-state index contributed by atoms with van der Waals surface area (Å²) in [6.07, 6.45) is 9.74. The fourth-order valence-corrected chi connectivity index (χ4v) is 5.72. The minimum Gasteiger partial charge on any atom is -0.490 e. The van der Waals surface area contributed by atoms with Crippen LogP contribution >= 0.6 is 0 Å². The Bertz CT molecular complexity index is 1210. The predicted octanol–water partition coefficient (Wildman–Crippen LogP) is 10.5. The molecule has 1 aliphatic carbocycles. The van der Waals surface area contributed by atoms with Crippen LogP contribution in [0.1, 0.15) is 93.7 Å². The molecular formula is C34H40F4O. The van der Waals surface area contributed by atoms with Gasteiger partial charge in [0, 0.05) is 5.56 Å². The molecule has 210 valence electrons. The van der Waals surface area contributed by atoms with Crippen molar-refractivity contribution in [2.24, 2.45) is 5.92 Å². The van der Waals surface area contributed by atoms with Gasteiger partial charge in [0.25, 0.3) is 0 Å². The molecule has 39 heavy (non-hydrogen) atoms. The number of halogens is 4. The van der Waals surface area contributed by atoms with Crippen molar-refractivity contribution in [3.63, 3.8) is 0 Å². The highest BCUT2D eigenvalue weighted by Crippen LogP contribution is 2.40. The average molecular weight is 541 g/mol. The van der Waals surface area contributed by atoms with Gasteiger partial charge in [0.15, 0.2) is 23.2 Å². The van der Waals surface area contributed by atoms with Crippen LogP contribution in [0.5, 0.6) is 5.75 Å². The third-order valence-electron chi connectivity index (χ3n) is 8.22. The lowest BCUT2D eigenvalue weighted by atomic mass is 9.76. The van der Waals surface area contributed by atoms with Crippen LogP contribution in [0, 0.1) is 36.1 Å². The first-order valence-electron chi connectivity index (χ1n) is 14.5. The minimum absolute atomic E-state index is 0.0186. The lowest BCUT2D eigenvalue weighted by Crippen LogP contribution is -2.16. The molecule has 4 rings (SSSR count). The molecule has 0 saturated heterocycles.